The second-order valence-corrected chi connectivity index (χ2v) is 9.33. The van der Waals surface area contributed by atoms with Crippen LogP contribution in [0.15, 0.2) is 24.3 Å². The lowest BCUT2D eigenvalue weighted by Crippen LogP contribution is -2.51. The van der Waals surface area contributed by atoms with Crippen LogP contribution < -0.4 is 0 Å². The third-order valence-corrected chi connectivity index (χ3v) is 5.67. The Morgan fingerprint density at radius 3 is 2.24 bits per heavy atom. The minimum Gasteiger partial charge on any atom is -0.444 e. The fourth-order valence-electron chi connectivity index (χ4n) is 4.09. The lowest BCUT2D eigenvalue weighted by Gasteiger charge is -2.38. The molecule has 0 spiro atoms. The number of aryl methyl sites for hydroxylation is 1. The van der Waals surface area contributed by atoms with E-state index in [4.69, 9.17) is 4.74 Å². The fraction of sp³-hybridized carbons (Fsp3) is 0.652. The Balaban J connectivity index is 1.42. The number of likely N-dealkylation sites (tertiary alicyclic amines) is 1. The van der Waals surface area contributed by atoms with E-state index in [-0.39, 0.29) is 17.9 Å². The first-order valence-electron chi connectivity index (χ1n) is 10.8. The molecule has 1 aromatic rings. The molecule has 0 bridgehead atoms. The average molecular weight is 402 g/mol. The topological polar surface area (TPSA) is 53.1 Å². The van der Waals surface area contributed by atoms with Crippen LogP contribution in [0.2, 0.25) is 0 Å². The molecule has 2 aliphatic heterocycles. The first kappa shape index (κ1) is 21.6. The van der Waals surface area contributed by atoms with Crippen molar-refractivity contribution in [1.29, 1.82) is 0 Å². The van der Waals surface area contributed by atoms with Gasteiger partial charge in [0, 0.05) is 51.7 Å². The molecule has 2 saturated heterocycles. The Hall–Kier alpha value is -2.08. The SMILES string of the molecule is Cc1cccc(CN2CCN(C(=O)C3CCN(C(=O)OC(C)(C)C)CC3)CC2)c1. The predicted octanol–water partition coefficient (Wildman–Crippen LogP) is 3.29. The highest BCUT2D eigenvalue weighted by Gasteiger charge is 2.33. The number of carbonyl (C=O) groups is 2. The number of amides is 2. The second kappa shape index (κ2) is 9.16. The van der Waals surface area contributed by atoms with E-state index in [1.807, 2.05) is 25.7 Å². The van der Waals surface area contributed by atoms with Crippen molar-refractivity contribution in [3.8, 4) is 0 Å². The molecule has 2 heterocycles. The first-order chi connectivity index (χ1) is 13.7. The highest BCUT2D eigenvalue weighted by Crippen LogP contribution is 2.22. The van der Waals surface area contributed by atoms with Crippen molar-refractivity contribution < 1.29 is 14.3 Å². The number of ether oxygens (including phenoxy) is 1. The summed E-state index contributed by atoms with van der Waals surface area (Å²) < 4.78 is 5.44. The molecule has 0 radical (unpaired) electrons. The minimum absolute atomic E-state index is 0.0250. The molecule has 29 heavy (non-hydrogen) atoms. The molecular weight excluding hydrogens is 366 g/mol. The van der Waals surface area contributed by atoms with E-state index in [1.165, 1.54) is 11.1 Å². The lowest BCUT2D eigenvalue weighted by molar-refractivity contribution is -0.139. The maximum atomic E-state index is 12.9. The number of rotatable bonds is 3. The van der Waals surface area contributed by atoms with Crippen LogP contribution >= 0.6 is 0 Å². The molecule has 0 unspecified atom stereocenters. The second-order valence-electron chi connectivity index (χ2n) is 9.33. The Morgan fingerprint density at radius 2 is 1.66 bits per heavy atom. The van der Waals surface area contributed by atoms with Crippen LogP contribution in [0.5, 0.6) is 0 Å². The van der Waals surface area contributed by atoms with Crippen LogP contribution in [-0.2, 0) is 16.1 Å². The van der Waals surface area contributed by atoms with Gasteiger partial charge in [-0.15, -0.1) is 0 Å². The summed E-state index contributed by atoms with van der Waals surface area (Å²) in [6, 6.07) is 8.63. The summed E-state index contributed by atoms with van der Waals surface area (Å²) in [6.45, 7) is 13.3. The van der Waals surface area contributed by atoms with Gasteiger partial charge in [0.05, 0.1) is 0 Å². The van der Waals surface area contributed by atoms with Crippen molar-refractivity contribution in [1.82, 2.24) is 14.7 Å². The highest BCUT2D eigenvalue weighted by atomic mass is 16.6. The summed E-state index contributed by atoms with van der Waals surface area (Å²) in [5, 5.41) is 0. The largest absolute Gasteiger partial charge is 0.444 e. The van der Waals surface area contributed by atoms with E-state index in [1.54, 1.807) is 4.90 Å². The third kappa shape index (κ3) is 6.20. The molecule has 0 saturated carbocycles. The van der Waals surface area contributed by atoms with Gasteiger partial charge in [-0.3, -0.25) is 9.69 Å². The number of piperidine rings is 1. The standard InChI is InChI=1S/C23H35N3O3/c1-18-6-5-7-19(16-18)17-24-12-14-25(15-13-24)21(27)20-8-10-26(11-9-20)22(28)29-23(2,3)4/h5-7,16,20H,8-15,17H2,1-4H3. The number of benzene rings is 1. The number of hydrogen-bond donors (Lipinski definition) is 0. The smallest absolute Gasteiger partial charge is 0.410 e. The van der Waals surface area contributed by atoms with E-state index >= 15 is 0 Å². The Bertz CT molecular complexity index is 712. The molecule has 0 N–H and O–H groups in total. The van der Waals surface area contributed by atoms with Gasteiger partial charge in [0.25, 0.3) is 0 Å². The zero-order chi connectivity index (χ0) is 21.0. The number of carbonyl (C=O) groups excluding carboxylic acids is 2. The first-order valence-corrected chi connectivity index (χ1v) is 10.8. The zero-order valence-corrected chi connectivity index (χ0v) is 18.3. The molecule has 2 amide bonds. The summed E-state index contributed by atoms with van der Waals surface area (Å²) in [6.07, 6.45) is 1.18. The van der Waals surface area contributed by atoms with Crippen LogP contribution in [0.25, 0.3) is 0 Å². The molecule has 6 nitrogen and oxygen atoms in total. The van der Waals surface area contributed by atoms with Gasteiger partial charge in [-0.1, -0.05) is 29.8 Å². The molecule has 0 aliphatic carbocycles. The lowest BCUT2D eigenvalue weighted by atomic mass is 9.95. The van der Waals surface area contributed by atoms with Crippen molar-refractivity contribution in [2.45, 2.75) is 52.7 Å². The summed E-state index contributed by atoms with van der Waals surface area (Å²) >= 11 is 0. The maximum absolute atomic E-state index is 12.9. The van der Waals surface area contributed by atoms with Crippen LogP contribution in [0.4, 0.5) is 4.79 Å². The van der Waals surface area contributed by atoms with Gasteiger partial charge in [0.1, 0.15) is 5.60 Å². The van der Waals surface area contributed by atoms with E-state index in [9.17, 15) is 9.59 Å². The molecule has 1 aromatic carbocycles. The summed E-state index contributed by atoms with van der Waals surface area (Å²) in [4.78, 5) is 31.3. The predicted molar refractivity (Wildman–Crippen MR) is 114 cm³/mol. The fourth-order valence-corrected chi connectivity index (χ4v) is 4.09. The average Bonchev–Trinajstić information content (AvgIpc) is 2.67. The van der Waals surface area contributed by atoms with E-state index in [2.05, 4.69) is 36.1 Å². The van der Waals surface area contributed by atoms with Crippen LogP contribution in [0, 0.1) is 12.8 Å². The van der Waals surface area contributed by atoms with Crippen molar-refractivity contribution in [2.75, 3.05) is 39.3 Å². The Morgan fingerprint density at radius 1 is 1.00 bits per heavy atom. The molecule has 0 aromatic heterocycles. The molecule has 6 heteroatoms. The molecule has 0 atom stereocenters. The van der Waals surface area contributed by atoms with Gasteiger partial charge in [-0.25, -0.2) is 4.79 Å². The Kier molecular flexibility index (Phi) is 6.83. The van der Waals surface area contributed by atoms with Crippen molar-refractivity contribution in [2.24, 2.45) is 5.92 Å². The Labute approximate surface area is 174 Å². The summed E-state index contributed by atoms with van der Waals surface area (Å²) in [7, 11) is 0. The molecule has 3 rings (SSSR count). The van der Waals surface area contributed by atoms with E-state index in [0.29, 0.717) is 13.1 Å². The van der Waals surface area contributed by atoms with Gasteiger partial charge in [-0.2, -0.15) is 0 Å². The number of piperazine rings is 1. The van der Waals surface area contributed by atoms with E-state index < -0.39 is 5.60 Å². The third-order valence-electron chi connectivity index (χ3n) is 5.67. The van der Waals surface area contributed by atoms with Crippen molar-refractivity contribution in [3.63, 3.8) is 0 Å². The molecule has 2 fully saturated rings. The van der Waals surface area contributed by atoms with Gasteiger partial charge >= 0.3 is 6.09 Å². The summed E-state index contributed by atoms with van der Waals surface area (Å²) in [5.74, 6) is 0.279. The van der Waals surface area contributed by atoms with E-state index in [0.717, 1.165) is 45.6 Å². The van der Waals surface area contributed by atoms with Crippen LogP contribution in [0.3, 0.4) is 0 Å². The summed E-state index contributed by atoms with van der Waals surface area (Å²) in [5.41, 5.74) is 2.13. The van der Waals surface area contributed by atoms with Crippen LogP contribution in [0.1, 0.15) is 44.7 Å². The van der Waals surface area contributed by atoms with Gasteiger partial charge in [0.15, 0.2) is 0 Å². The monoisotopic (exact) mass is 401 g/mol. The highest BCUT2D eigenvalue weighted by molar-refractivity contribution is 5.79. The molecule has 160 valence electrons. The number of hydrogen-bond acceptors (Lipinski definition) is 4. The number of nitrogens with zero attached hydrogens (tertiary/aromatic N) is 3. The molecular formula is C23H35N3O3. The normalized spacial score (nSPS) is 19.3. The zero-order valence-electron chi connectivity index (χ0n) is 18.3. The van der Waals surface area contributed by atoms with Gasteiger partial charge in [0.2, 0.25) is 5.91 Å². The van der Waals surface area contributed by atoms with Crippen LogP contribution in [-0.4, -0.2) is 71.6 Å². The van der Waals surface area contributed by atoms with Crippen molar-refractivity contribution >= 4 is 12.0 Å². The quantitative estimate of drug-likeness (QED) is 0.780. The van der Waals surface area contributed by atoms with Gasteiger partial charge < -0.3 is 14.5 Å². The van der Waals surface area contributed by atoms with Crippen molar-refractivity contribution in [3.05, 3.63) is 35.4 Å². The van der Waals surface area contributed by atoms with Gasteiger partial charge in [-0.05, 0) is 46.1 Å². The minimum atomic E-state index is -0.484. The molecule has 2 aliphatic rings. The maximum Gasteiger partial charge on any atom is 0.410 e.